The van der Waals surface area contributed by atoms with Crippen LogP contribution in [0.2, 0.25) is 0 Å². The summed E-state index contributed by atoms with van der Waals surface area (Å²) in [6.07, 6.45) is 4.51. The van der Waals surface area contributed by atoms with E-state index >= 15 is 0 Å². The molecule has 2 aromatic rings. The molecule has 1 aliphatic rings. The molecule has 0 bridgehead atoms. The summed E-state index contributed by atoms with van der Waals surface area (Å²) in [4.78, 5) is 14.3. The van der Waals surface area contributed by atoms with Crippen LogP contribution in [0.25, 0.3) is 0 Å². The van der Waals surface area contributed by atoms with Gasteiger partial charge in [-0.25, -0.2) is 0 Å². The minimum atomic E-state index is -0.125. The lowest BCUT2D eigenvalue weighted by molar-refractivity contribution is 0.0932. The topological polar surface area (TPSA) is 58.1 Å². The van der Waals surface area contributed by atoms with Crippen molar-refractivity contribution in [2.45, 2.75) is 45.6 Å². The van der Waals surface area contributed by atoms with Crippen LogP contribution in [0, 0.1) is 6.92 Å². The second-order valence-corrected chi connectivity index (χ2v) is 6.31. The van der Waals surface area contributed by atoms with E-state index in [1.807, 2.05) is 12.1 Å². The third-order valence-electron chi connectivity index (χ3n) is 4.48. The van der Waals surface area contributed by atoms with Gasteiger partial charge in [0, 0.05) is 18.3 Å². The fourth-order valence-corrected chi connectivity index (χ4v) is 3.19. The van der Waals surface area contributed by atoms with E-state index in [1.54, 1.807) is 6.07 Å². The molecule has 0 atom stereocenters. The van der Waals surface area contributed by atoms with Gasteiger partial charge in [-0.3, -0.25) is 4.79 Å². The Morgan fingerprint density at radius 1 is 1.21 bits per heavy atom. The summed E-state index contributed by atoms with van der Waals surface area (Å²) in [7, 11) is 0. The second-order valence-electron chi connectivity index (χ2n) is 6.31. The van der Waals surface area contributed by atoms with E-state index in [-0.39, 0.29) is 5.91 Å². The summed E-state index contributed by atoms with van der Waals surface area (Å²) in [5.41, 5.74) is 2.66. The monoisotopic (exact) mass is 324 g/mol. The Balaban J connectivity index is 1.73. The van der Waals surface area contributed by atoms with Gasteiger partial charge in [0.2, 0.25) is 0 Å². The first-order valence-corrected chi connectivity index (χ1v) is 8.66. The molecule has 0 aliphatic heterocycles. The first-order valence-electron chi connectivity index (χ1n) is 8.66. The van der Waals surface area contributed by atoms with Gasteiger partial charge < -0.3 is 10.2 Å². The van der Waals surface area contributed by atoms with Gasteiger partial charge in [0.25, 0.3) is 5.91 Å². The number of hydrogen-bond acceptors (Lipinski definition) is 4. The fraction of sp³-hybridized carbons (Fsp3) is 0.421. The number of anilines is 2. The number of rotatable bonds is 5. The van der Waals surface area contributed by atoms with E-state index in [0.717, 1.165) is 30.9 Å². The third-order valence-corrected chi connectivity index (χ3v) is 4.48. The molecule has 1 aliphatic carbocycles. The van der Waals surface area contributed by atoms with Crippen LogP contribution in [-0.4, -0.2) is 28.7 Å². The summed E-state index contributed by atoms with van der Waals surface area (Å²) >= 11 is 0. The Hall–Kier alpha value is -2.43. The minimum Gasteiger partial charge on any atom is -0.348 e. The molecule has 1 fully saturated rings. The molecule has 0 spiro atoms. The minimum absolute atomic E-state index is 0.125. The molecule has 1 N–H and O–H groups in total. The van der Waals surface area contributed by atoms with Crippen LogP contribution in [0.15, 0.2) is 36.4 Å². The normalized spacial score (nSPS) is 14.6. The number of amides is 1. The highest BCUT2D eigenvalue weighted by Crippen LogP contribution is 2.23. The number of carbonyl (C=O) groups excluding carboxylic acids is 1. The summed E-state index contributed by atoms with van der Waals surface area (Å²) in [5.74, 6) is 0.625. The Kier molecular flexibility index (Phi) is 5.08. The van der Waals surface area contributed by atoms with E-state index in [4.69, 9.17) is 0 Å². The van der Waals surface area contributed by atoms with Crippen LogP contribution in [-0.2, 0) is 0 Å². The van der Waals surface area contributed by atoms with Crippen LogP contribution in [0.1, 0.15) is 48.7 Å². The number of hydrogen-bond donors (Lipinski definition) is 1. The van der Waals surface area contributed by atoms with Crippen LogP contribution < -0.4 is 10.2 Å². The summed E-state index contributed by atoms with van der Waals surface area (Å²) < 4.78 is 0. The Morgan fingerprint density at radius 3 is 2.62 bits per heavy atom. The van der Waals surface area contributed by atoms with Crippen molar-refractivity contribution in [3.63, 3.8) is 0 Å². The Morgan fingerprint density at radius 2 is 2.00 bits per heavy atom. The third kappa shape index (κ3) is 3.72. The van der Waals surface area contributed by atoms with Gasteiger partial charge in [-0.15, -0.1) is 10.2 Å². The maximum Gasteiger partial charge on any atom is 0.272 e. The summed E-state index contributed by atoms with van der Waals surface area (Å²) in [5, 5.41) is 11.4. The van der Waals surface area contributed by atoms with Crippen molar-refractivity contribution in [1.82, 2.24) is 15.5 Å². The molecule has 24 heavy (non-hydrogen) atoms. The SMILES string of the molecule is CCN(c1cccc(C)c1)c1ccc(C(=O)NC2CCCC2)nn1. The molecule has 0 saturated heterocycles. The lowest BCUT2D eigenvalue weighted by atomic mass is 10.2. The van der Waals surface area contributed by atoms with Gasteiger partial charge in [0.1, 0.15) is 0 Å². The first kappa shape index (κ1) is 16.4. The van der Waals surface area contributed by atoms with Crippen molar-refractivity contribution in [2.24, 2.45) is 0 Å². The number of nitrogens with one attached hydrogen (secondary N) is 1. The molecule has 126 valence electrons. The van der Waals surface area contributed by atoms with E-state index < -0.39 is 0 Å². The number of aryl methyl sites for hydroxylation is 1. The van der Waals surface area contributed by atoms with Gasteiger partial charge in [-0.2, -0.15) is 0 Å². The molecule has 5 heteroatoms. The second kappa shape index (κ2) is 7.43. The molecular weight excluding hydrogens is 300 g/mol. The predicted octanol–water partition coefficient (Wildman–Crippen LogP) is 3.62. The Bertz CT molecular complexity index is 693. The van der Waals surface area contributed by atoms with Crippen molar-refractivity contribution in [3.05, 3.63) is 47.7 Å². The molecule has 1 heterocycles. The zero-order valence-corrected chi connectivity index (χ0v) is 14.3. The van der Waals surface area contributed by atoms with Crippen LogP contribution in [0.4, 0.5) is 11.5 Å². The first-order chi connectivity index (χ1) is 11.7. The van der Waals surface area contributed by atoms with Crippen LogP contribution in [0.5, 0.6) is 0 Å². The van der Waals surface area contributed by atoms with E-state index in [9.17, 15) is 4.79 Å². The zero-order valence-electron chi connectivity index (χ0n) is 14.3. The average molecular weight is 324 g/mol. The van der Waals surface area contributed by atoms with Crippen molar-refractivity contribution >= 4 is 17.4 Å². The van der Waals surface area contributed by atoms with Crippen molar-refractivity contribution < 1.29 is 4.79 Å². The van der Waals surface area contributed by atoms with E-state index in [1.165, 1.54) is 18.4 Å². The molecule has 1 amide bonds. The van der Waals surface area contributed by atoms with Crippen molar-refractivity contribution in [2.75, 3.05) is 11.4 Å². The average Bonchev–Trinajstić information content (AvgIpc) is 3.09. The molecule has 1 aromatic carbocycles. The standard InChI is InChI=1S/C19H24N4O/c1-3-23(16-10-6-7-14(2)13-16)18-12-11-17(21-22-18)19(24)20-15-8-4-5-9-15/h6-7,10-13,15H,3-5,8-9H2,1-2H3,(H,20,24). The summed E-state index contributed by atoms with van der Waals surface area (Å²) in [6, 6.07) is 12.2. The number of benzene rings is 1. The molecule has 0 unspecified atom stereocenters. The highest BCUT2D eigenvalue weighted by molar-refractivity contribution is 5.92. The quantitative estimate of drug-likeness (QED) is 0.912. The number of carbonyl (C=O) groups is 1. The van der Waals surface area contributed by atoms with Crippen molar-refractivity contribution in [1.29, 1.82) is 0 Å². The van der Waals surface area contributed by atoms with Crippen molar-refractivity contribution in [3.8, 4) is 0 Å². The zero-order chi connectivity index (χ0) is 16.9. The number of aromatic nitrogens is 2. The van der Waals surface area contributed by atoms with Gasteiger partial charge in [0.05, 0.1) is 0 Å². The number of nitrogens with zero attached hydrogens (tertiary/aromatic N) is 3. The van der Waals surface area contributed by atoms with Gasteiger partial charge >= 0.3 is 0 Å². The van der Waals surface area contributed by atoms with Crippen LogP contribution >= 0.6 is 0 Å². The summed E-state index contributed by atoms with van der Waals surface area (Å²) in [6.45, 7) is 4.93. The van der Waals surface area contributed by atoms with Gasteiger partial charge in [0.15, 0.2) is 11.5 Å². The van der Waals surface area contributed by atoms with E-state index in [2.05, 4.69) is 52.5 Å². The van der Waals surface area contributed by atoms with Gasteiger partial charge in [-0.05, 0) is 56.5 Å². The molecule has 0 radical (unpaired) electrons. The Labute approximate surface area is 143 Å². The smallest absolute Gasteiger partial charge is 0.272 e. The van der Waals surface area contributed by atoms with E-state index in [0.29, 0.717) is 11.7 Å². The highest BCUT2D eigenvalue weighted by Gasteiger charge is 2.19. The molecule has 3 rings (SSSR count). The fourth-order valence-electron chi connectivity index (χ4n) is 3.19. The lowest BCUT2D eigenvalue weighted by Gasteiger charge is -2.22. The highest BCUT2D eigenvalue weighted by atomic mass is 16.2. The van der Waals surface area contributed by atoms with Crippen LogP contribution in [0.3, 0.4) is 0 Å². The molecule has 5 nitrogen and oxygen atoms in total. The molecule has 1 aromatic heterocycles. The molecule has 1 saturated carbocycles. The lowest BCUT2D eigenvalue weighted by Crippen LogP contribution is -2.33. The maximum absolute atomic E-state index is 12.2. The van der Waals surface area contributed by atoms with Gasteiger partial charge in [-0.1, -0.05) is 25.0 Å². The maximum atomic E-state index is 12.2. The largest absolute Gasteiger partial charge is 0.348 e. The predicted molar refractivity (Wildman–Crippen MR) is 95.6 cm³/mol. The molecular formula is C19H24N4O.